The largest absolute Gasteiger partial charge is 0.481 e. The van der Waals surface area contributed by atoms with E-state index in [0.717, 1.165) is 25.7 Å². The van der Waals surface area contributed by atoms with Crippen LogP contribution in [0.1, 0.15) is 47.9 Å². The van der Waals surface area contributed by atoms with E-state index in [1.54, 1.807) is 0 Å². The number of carbonyl (C=O) groups is 1. The molecule has 2 aromatic carbocycles. The number of carboxylic acids is 1. The molecule has 2 aliphatic carbocycles. The summed E-state index contributed by atoms with van der Waals surface area (Å²) in [5.74, 6) is -0.710. The lowest BCUT2D eigenvalue weighted by Gasteiger charge is -2.32. The number of aliphatic carboxylic acids is 1. The quantitative estimate of drug-likeness (QED) is 0.906. The number of hydrogen-bond acceptors (Lipinski definition) is 2. The fourth-order valence-electron chi connectivity index (χ4n) is 5.09. The monoisotopic (exact) mass is 349 g/mol. The third-order valence-corrected chi connectivity index (χ3v) is 6.50. The first-order chi connectivity index (χ1) is 12.6. The summed E-state index contributed by atoms with van der Waals surface area (Å²) in [7, 11) is 2.09. The molecule has 136 valence electrons. The van der Waals surface area contributed by atoms with E-state index in [2.05, 4.69) is 60.5 Å². The normalized spacial score (nSPS) is 24.3. The number of fused-ring (bicyclic) bond motifs is 3. The smallest absolute Gasteiger partial charge is 0.304 e. The van der Waals surface area contributed by atoms with Gasteiger partial charge in [-0.1, -0.05) is 48.5 Å². The van der Waals surface area contributed by atoms with Gasteiger partial charge >= 0.3 is 5.97 Å². The first kappa shape index (κ1) is 17.3. The van der Waals surface area contributed by atoms with Gasteiger partial charge in [0.1, 0.15) is 0 Å². The SMILES string of the molecule is CN(CCC(=O)O)C1CC[C@]2(Cc3ccccc3Cc3ccccc32)C1. The van der Waals surface area contributed by atoms with Gasteiger partial charge in [0.15, 0.2) is 0 Å². The highest BCUT2D eigenvalue weighted by Crippen LogP contribution is 2.48. The van der Waals surface area contributed by atoms with Gasteiger partial charge in [-0.3, -0.25) is 4.79 Å². The van der Waals surface area contributed by atoms with Crippen molar-refractivity contribution >= 4 is 5.97 Å². The Bertz CT molecular complexity index is 815. The molecule has 4 rings (SSSR count). The Morgan fingerprint density at radius 3 is 2.58 bits per heavy atom. The molecular weight excluding hydrogens is 322 g/mol. The van der Waals surface area contributed by atoms with Gasteiger partial charge in [-0.2, -0.15) is 0 Å². The minimum atomic E-state index is -0.710. The van der Waals surface area contributed by atoms with Gasteiger partial charge in [-0.15, -0.1) is 0 Å². The fourth-order valence-corrected chi connectivity index (χ4v) is 5.09. The average Bonchev–Trinajstić information content (AvgIpc) is 3.00. The second-order valence-corrected chi connectivity index (χ2v) is 8.08. The van der Waals surface area contributed by atoms with Gasteiger partial charge in [0, 0.05) is 18.0 Å². The van der Waals surface area contributed by atoms with Crippen molar-refractivity contribution in [2.24, 2.45) is 0 Å². The molecule has 1 N–H and O–H groups in total. The maximum atomic E-state index is 10.9. The first-order valence-corrected chi connectivity index (χ1v) is 9.65. The highest BCUT2D eigenvalue weighted by Gasteiger charge is 2.44. The van der Waals surface area contributed by atoms with E-state index in [4.69, 9.17) is 5.11 Å². The van der Waals surface area contributed by atoms with Crippen molar-refractivity contribution in [2.75, 3.05) is 13.6 Å². The van der Waals surface area contributed by atoms with Crippen LogP contribution in [0.2, 0.25) is 0 Å². The lowest BCUT2D eigenvalue weighted by molar-refractivity contribution is -0.137. The van der Waals surface area contributed by atoms with Crippen LogP contribution in [-0.4, -0.2) is 35.6 Å². The second-order valence-electron chi connectivity index (χ2n) is 8.08. The standard InChI is InChI=1S/C23H27NO2/c1-24(13-11-22(25)26)20-10-12-23(16-20)15-19-8-3-2-6-17(19)14-18-7-4-5-9-21(18)23/h2-9,20H,10-16H2,1H3,(H,25,26)/t20?,23-/m0/s1. The second kappa shape index (κ2) is 6.88. The molecule has 26 heavy (non-hydrogen) atoms. The third-order valence-electron chi connectivity index (χ3n) is 6.50. The van der Waals surface area contributed by atoms with Crippen molar-refractivity contribution in [3.05, 3.63) is 70.8 Å². The maximum Gasteiger partial charge on any atom is 0.304 e. The molecule has 0 amide bonds. The van der Waals surface area contributed by atoms with Gasteiger partial charge in [0.2, 0.25) is 0 Å². The minimum absolute atomic E-state index is 0.186. The topological polar surface area (TPSA) is 40.5 Å². The Labute approximate surface area is 155 Å². The average molecular weight is 349 g/mol. The highest BCUT2D eigenvalue weighted by atomic mass is 16.4. The van der Waals surface area contributed by atoms with Crippen LogP contribution in [0, 0.1) is 0 Å². The Kier molecular flexibility index (Phi) is 4.58. The minimum Gasteiger partial charge on any atom is -0.481 e. The van der Waals surface area contributed by atoms with E-state index in [9.17, 15) is 4.79 Å². The summed E-state index contributed by atoms with van der Waals surface area (Å²) in [6, 6.07) is 18.3. The summed E-state index contributed by atoms with van der Waals surface area (Å²) < 4.78 is 0. The molecular formula is C23H27NO2. The highest BCUT2D eigenvalue weighted by molar-refractivity contribution is 5.66. The molecule has 1 fully saturated rings. The van der Waals surface area contributed by atoms with Gasteiger partial charge in [-0.25, -0.2) is 0 Å². The predicted octanol–water partition coefficient (Wildman–Crippen LogP) is 4.03. The number of carboxylic acid groups (broad SMARTS) is 1. The lowest BCUT2D eigenvalue weighted by atomic mass is 9.73. The molecule has 2 aliphatic rings. The lowest BCUT2D eigenvalue weighted by Crippen LogP contribution is -2.34. The zero-order valence-corrected chi connectivity index (χ0v) is 15.4. The number of nitrogens with zero attached hydrogens (tertiary/aromatic N) is 1. The Hall–Kier alpha value is -2.13. The van der Waals surface area contributed by atoms with Gasteiger partial charge in [-0.05, 0) is 61.4 Å². The summed E-state index contributed by atoms with van der Waals surface area (Å²) in [5.41, 5.74) is 6.11. The molecule has 2 aromatic rings. The van der Waals surface area contributed by atoms with Crippen LogP contribution in [-0.2, 0) is 23.1 Å². The zero-order chi connectivity index (χ0) is 18.1. The summed E-state index contributed by atoms with van der Waals surface area (Å²) in [6.07, 6.45) is 5.79. The van der Waals surface area contributed by atoms with Crippen LogP contribution in [0.25, 0.3) is 0 Å². The van der Waals surface area contributed by atoms with E-state index in [1.165, 1.54) is 28.7 Å². The maximum absolute atomic E-state index is 10.9. The Morgan fingerprint density at radius 1 is 1.12 bits per heavy atom. The van der Waals surface area contributed by atoms with E-state index in [1.807, 2.05) is 0 Å². The molecule has 2 atom stereocenters. The summed E-state index contributed by atoms with van der Waals surface area (Å²) in [5, 5.41) is 9.00. The Morgan fingerprint density at radius 2 is 1.81 bits per heavy atom. The molecule has 3 nitrogen and oxygen atoms in total. The third kappa shape index (κ3) is 3.16. The molecule has 0 bridgehead atoms. The van der Waals surface area contributed by atoms with Crippen molar-refractivity contribution < 1.29 is 9.90 Å². The van der Waals surface area contributed by atoms with E-state index < -0.39 is 5.97 Å². The molecule has 0 radical (unpaired) electrons. The van der Waals surface area contributed by atoms with Crippen molar-refractivity contribution in [3.63, 3.8) is 0 Å². The summed E-state index contributed by atoms with van der Waals surface area (Å²) >= 11 is 0. The molecule has 1 unspecified atom stereocenters. The number of benzene rings is 2. The molecule has 0 heterocycles. The van der Waals surface area contributed by atoms with Gasteiger partial charge < -0.3 is 10.0 Å². The van der Waals surface area contributed by atoms with Crippen LogP contribution in [0.5, 0.6) is 0 Å². The van der Waals surface area contributed by atoms with Crippen LogP contribution in [0.4, 0.5) is 0 Å². The van der Waals surface area contributed by atoms with Gasteiger partial charge in [0.25, 0.3) is 0 Å². The van der Waals surface area contributed by atoms with E-state index in [0.29, 0.717) is 12.6 Å². The first-order valence-electron chi connectivity index (χ1n) is 9.65. The van der Waals surface area contributed by atoms with E-state index >= 15 is 0 Å². The number of rotatable bonds is 4. The molecule has 0 aromatic heterocycles. The number of hydrogen-bond donors (Lipinski definition) is 1. The van der Waals surface area contributed by atoms with Crippen LogP contribution in [0.15, 0.2) is 48.5 Å². The van der Waals surface area contributed by atoms with Crippen LogP contribution < -0.4 is 0 Å². The zero-order valence-electron chi connectivity index (χ0n) is 15.4. The van der Waals surface area contributed by atoms with Crippen LogP contribution >= 0.6 is 0 Å². The van der Waals surface area contributed by atoms with Crippen LogP contribution in [0.3, 0.4) is 0 Å². The van der Waals surface area contributed by atoms with Gasteiger partial charge in [0.05, 0.1) is 6.42 Å². The fraction of sp³-hybridized carbons (Fsp3) is 0.435. The summed E-state index contributed by atoms with van der Waals surface area (Å²) in [4.78, 5) is 13.2. The molecule has 3 heteroatoms. The predicted molar refractivity (Wildman–Crippen MR) is 104 cm³/mol. The van der Waals surface area contributed by atoms with E-state index in [-0.39, 0.29) is 11.8 Å². The molecule has 1 spiro atoms. The molecule has 0 saturated heterocycles. The van der Waals surface area contributed by atoms with Crippen molar-refractivity contribution in [1.82, 2.24) is 4.90 Å². The Balaban J connectivity index is 1.66. The molecule has 0 aliphatic heterocycles. The van der Waals surface area contributed by atoms with Crippen molar-refractivity contribution in [1.29, 1.82) is 0 Å². The molecule has 1 saturated carbocycles. The van der Waals surface area contributed by atoms with Crippen molar-refractivity contribution in [3.8, 4) is 0 Å². The van der Waals surface area contributed by atoms with Crippen molar-refractivity contribution in [2.45, 2.75) is 50.0 Å². The summed E-state index contributed by atoms with van der Waals surface area (Å²) in [6.45, 7) is 0.633.